The predicted octanol–water partition coefficient (Wildman–Crippen LogP) is 2.10. The number of methoxy groups -OCH3 is 1. The molecule has 2 aromatic rings. The first-order valence-corrected chi connectivity index (χ1v) is 5.02. The lowest BCUT2D eigenvalue weighted by Crippen LogP contribution is -2.02. The minimum atomic E-state index is 0.608. The normalized spacial score (nSPS) is 9.81. The second kappa shape index (κ2) is 5.11. The Kier molecular flexibility index (Phi) is 3.33. The van der Waals surface area contributed by atoms with E-state index in [1.165, 1.54) is 0 Å². The van der Waals surface area contributed by atoms with E-state index in [1.54, 1.807) is 13.3 Å². The lowest BCUT2D eigenvalue weighted by Gasteiger charge is -2.06. The van der Waals surface area contributed by atoms with E-state index in [0.29, 0.717) is 12.4 Å². The molecule has 0 fully saturated rings. The van der Waals surface area contributed by atoms with E-state index >= 15 is 0 Å². The first-order valence-electron chi connectivity index (χ1n) is 5.02. The summed E-state index contributed by atoms with van der Waals surface area (Å²) >= 11 is 0. The number of hydrogen-bond donors (Lipinski definition) is 1. The van der Waals surface area contributed by atoms with Crippen LogP contribution < -0.4 is 10.1 Å². The summed E-state index contributed by atoms with van der Waals surface area (Å²) in [7, 11) is 1.60. The molecule has 1 N–H and O–H groups in total. The second-order valence-corrected chi connectivity index (χ2v) is 3.28. The van der Waals surface area contributed by atoms with Crippen molar-refractivity contribution in [2.75, 3.05) is 12.4 Å². The van der Waals surface area contributed by atoms with Crippen molar-refractivity contribution in [1.82, 2.24) is 9.97 Å². The van der Waals surface area contributed by atoms with E-state index < -0.39 is 0 Å². The van der Waals surface area contributed by atoms with Crippen LogP contribution in [0.25, 0.3) is 0 Å². The Hall–Kier alpha value is -2.10. The molecule has 0 radical (unpaired) electrons. The van der Waals surface area contributed by atoms with Gasteiger partial charge in [-0.2, -0.15) is 4.98 Å². The summed E-state index contributed by atoms with van der Waals surface area (Å²) < 4.78 is 5.04. The van der Waals surface area contributed by atoms with Gasteiger partial charge in [-0.3, -0.25) is 4.98 Å². The van der Waals surface area contributed by atoms with Gasteiger partial charge in [-0.05, 0) is 17.7 Å². The zero-order chi connectivity index (χ0) is 11.2. The highest BCUT2D eigenvalue weighted by atomic mass is 16.5. The maximum absolute atomic E-state index is 5.04. The maximum atomic E-state index is 5.04. The minimum absolute atomic E-state index is 0.608. The summed E-state index contributed by atoms with van der Waals surface area (Å²) in [6, 6.07) is 9.54. The fourth-order valence-electron chi connectivity index (χ4n) is 1.32. The average molecular weight is 215 g/mol. The van der Waals surface area contributed by atoms with Crippen molar-refractivity contribution in [3.63, 3.8) is 0 Å². The lowest BCUT2D eigenvalue weighted by atomic mass is 10.3. The molecule has 0 saturated carbocycles. The van der Waals surface area contributed by atoms with Crippen molar-refractivity contribution in [1.29, 1.82) is 0 Å². The van der Waals surface area contributed by atoms with Crippen LogP contribution in [0.15, 0.2) is 42.7 Å². The van der Waals surface area contributed by atoms with Crippen LogP contribution in [0.2, 0.25) is 0 Å². The number of nitrogens with zero attached hydrogens (tertiary/aromatic N) is 2. The molecule has 16 heavy (non-hydrogen) atoms. The zero-order valence-corrected chi connectivity index (χ0v) is 9.05. The molecule has 2 heterocycles. The Morgan fingerprint density at radius 2 is 2.19 bits per heavy atom. The van der Waals surface area contributed by atoms with Gasteiger partial charge in [0.05, 0.1) is 7.11 Å². The number of anilines is 1. The first-order chi connectivity index (χ1) is 7.88. The summed E-state index contributed by atoms with van der Waals surface area (Å²) in [5, 5.41) is 3.20. The third-order valence-electron chi connectivity index (χ3n) is 2.13. The van der Waals surface area contributed by atoms with E-state index in [2.05, 4.69) is 15.3 Å². The molecule has 82 valence electrons. The Labute approximate surface area is 94.3 Å². The summed E-state index contributed by atoms with van der Waals surface area (Å²) in [4.78, 5) is 8.30. The predicted molar refractivity (Wildman–Crippen MR) is 62.4 cm³/mol. The fourth-order valence-corrected chi connectivity index (χ4v) is 1.32. The molecule has 0 atom stereocenters. The molecule has 2 aromatic heterocycles. The molecule has 0 bridgehead atoms. The van der Waals surface area contributed by atoms with Gasteiger partial charge in [0.25, 0.3) is 0 Å². The Bertz CT molecular complexity index is 445. The number of hydrogen-bond acceptors (Lipinski definition) is 4. The van der Waals surface area contributed by atoms with Crippen LogP contribution in [0, 0.1) is 0 Å². The fraction of sp³-hybridized carbons (Fsp3) is 0.167. The van der Waals surface area contributed by atoms with E-state index in [0.717, 1.165) is 11.4 Å². The van der Waals surface area contributed by atoms with Gasteiger partial charge in [0, 0.05) is 25.0 Å². The molecular formula is C12H13N3O. The standard InChI is InChI=1S/C12H13N3O/c1-16-12-6-2-5-11(15-12)14-9-10-4-3-7-13-8-10/h2-8H,9H2,1H3,(H,14,15). The van der Waals surface area contributed by atoms with Gasteiger partial charge in [-0.1, -0.05) is 12.1 Å². The molecule has 0 aromatic carbocycles. The largest absolute Gasteiger partial charge is 0.481 e. The highest BCUT2D eigenvalue weighted by Crippen LogP contribution is 2.11. The Morgan fingerprint density at radius 1 is 1.25 bits per heavy atom. The summed E-state index contributed by atoms with van der Waals surface area (Å²) in [6.07, 6.45) is 3.58. The molecular weight excluding hydrogens is 202 g/mol. The van der Waals surface area contributed by atoms with Crippen LogP contribution in [-0.2, 0) is 6.54 Å². The van der Waals surface area contributed by atoms with Gasteiger partial charge in [-0.15, -0.1) is 0 Å². The van der Waals surface area contributed by atoms with Crippen molar-refractivity contribution in [3.8, 4) is 5.88 Å². The van der Waals surface area contributed by atoms with Crippen molar-refractivity contribution in [2.24, 2.45) is 0 Å². The van der Waals surface area contributed by atoms with E-state index in [-0.39, 0.29) is 0 Å². The quantitative estimate of drug-likeness (QED) is 0.848. The highest BCUT2D eigenvalue weighted by Gasteiger charge is 1.97. The van der Waals surface area contributed by atoms with Crippen molar-refractivity contribution < 1.29 is 4.74 Å². The van der Waals surface area contributed by atoms with Crippen LogP contribution in [-0.4, -0.2) is 17.1 Å². The zero-order valence-electron chi connectivity index (χ0n) is 9.05. The number of ether oxygens (including phenoxy) is 1. The SMILES string of the molecule is COc1cccc(NCc2cccnc2)n1. The number of aromatic nitrogens is 2. The molecule has 0 aliphatic carbocycles. The van der Waals surface area contributed by atoms with Gasteiger partial charge >= 0.3 is 0 Å². The average Bonchev–Trinajstić information content (AvgIpc) is 2.38. The molecule has 0 unspecified atom stereocenters. The van der Waals surface area contributed by atoms with Crippen LogP contribution in [0.5, 0.6) is 5.88 Å². The van der Waals surface area contributed by atoms with Gasteiger partial charge < -0.3 is 10.1 Å². The van der Waals surface area contributed by atoms with Crippen molar-refractivity contribution in [2.45, 2.75) is 6.54 Å². The lowest BCUT2D eigenvalue weighted by molar-refractivity contribution is 0.398. The number of nitrogens with one attached hydrogen (secondary N) is 1. The highest BCUT2D eigenvalue weighted by molar-refractivity contribution is 5.37. The molecule has 0 saturated heterocycles. The Balaban J connectivity index is 1.99. The monoisotopic (exact) mass is 215 g/mol. The van der Waals surface area contributed by atoms with E-state index in [9.17, 15) is 0 Å². The van der Waals surface area contributed by atoms with Crippen LogP contribution in [0.1, 0.15) is 5.56 Å². The summed E-state index contributed by atoms with van der Waals surface area (Å²) in [5.74, 6) is 1.40. The maximum Gasteiger partial charge on any atom is 0.214 e. The third kappa shape index (κ3) is 2.70. The van der Waals surface area contributed by atoms with Crippen LogP contribution >= 0.6 is 0 Å². The Morgan fingerprint density at radius 3 is 2.94 bits per heavy atom. The summed E-state index contributed by atoms with van der Waals surface area (Å²) in [6.45, 7) is 0.702. The molecule has 2 rings (SSSR count). The molecule has 4 heteroatoms. The topological polar surface area (TPSA) is 47.0 Å². The van der Waals surface area contributed by atoms with Crippen LogP contribution in [0.4, 0.5) is 5.82 Å². The molecule has 0 aliphatic rings. The number of rotatable bonds is 4. The van der Waals surface area contributed by atoms with Gasteiger partial charge in [-0.25, -0.2) is 0 Å². The van der Waals surface area contributed by atoms with E-state index in [1.807, 2.05) is 36.5 Å². The second-order valence-electron chi connectivity index (χ2n) is 3.28. The number of pyridine rings is 2. The van der Waals surface area contributed by atoms with Gasteiger partial charge in [0.15, 0.2) is 0 Å². The summed E-state index contributed by atoms with van der Waals surface area (Å²) in [5.41, 5.74) is 1.12. The minimum Gasteiger partial charge on any atom is -0.481 e. The van der Waals surface area contributed by atoms with Crippen molar-refractivity contribution in [3.05, 3.63) is 48.3 Å². The van der Waals surface area contributed by atoms with Crippen molar-refractivity contribution >= 4 is 5.82 Å². The molecule has 4 nitrogen and oxygen atoms in total. The molecule has 0 spiro atoms. The first kappa shape index (κ1) is 10.4. The van der Waals surface area contributed by atoms with Gasteiger partial charge in [0.2, 0.25) is 5.88 Å². The third-order valence-corrected chi connectivity index (χ3v) is 2.13. The van der Waals surface area contributed by atoms with Gasteiger partial charge in [0.1, 0.15) is 5.82 Å². The molecule has 0 amide bonds. The van der Waals surface area contributed by atoms with E-state index in [4.69, 9.17) is 4.74 Å². The molecule has 0 aliphatic heterocycles. The van der Waals surface area contributed by atoms with Crippen LogP contribution in [0.3, 0.4) is 0 Å². The smallest absolute Gasteiger partial charge is 0.214 e.